The van der Waals surface area contributed by atoms with E-state index in [-0.39, 0.29) is 16.2 Å². The smallest absolute Gasteiger partial charge is 0.255 e. The van der Waals surface area contributed by atoms with E-state index < -0.39 is 15.9 Å². The zero-order valence-electron chi connectivity index (χ0n) is 15.3. The first-order chi connectivity index (χ1) is 12.7. The average Bonchev–Trinajstić information content (AvgIpc) is 3.00. The van der Waals surface area contributed by atoms with Gasteiger partial charge in [0.1, 0.15) is 10.6 Å². The Morgan fingerprint density at radius 1 is 1.19 bits per heavy atom. The van der Waals surface area contributed by atoms with Gasteiger partial charge in [0, 0.05) is 25.3 Å². The highest BCUT2D eigenvalue weighted by atomic mass is 32.2. The van der Waals surface area contributed by atoms with Gasteiger partial charge in [-0.2, -0.15) is 0 Å². The molecule has 9 heteroatoms. The second-order valence-electron chi connectivity index (χ2n) is 6.02. The molecule has 0 aliphatic rings. The van der Waals surface area contributed by atoms with E-state index in [0.29, 0.717) is 5.69 Å². The number of benzene rings is 2. The normalized spacial score (nSPS) is 11.7. The van der Waals surface area contributed by atoms with Crippen LogP contribution in [0, 0.1) is 6.92 Å². The van der Waals surface area contributed by atoms with Crippen LogP contribution < -0.4 is 10.1 Å². The van der Waals surface area contributed by atoms with Crippen molar-refractivity contribution in [3.05, 3.63) is 47.0 Å². The number of aromatic nitrogens is 1. The highest BCUT2D eigenvalue weighted by Gasteiger charge is 2.24. The molecule has 0 saturated carbocycles. The number of carbonyl (C=O) groups is 1. The van der Waals surface area contributed by atoms with Gasteiger partial charge in [-0.1, -0.05) is 0 Å². The highest BCUT2D eigenvalue weighted by Crippen LogP contribution is 2.28. The minimum Gasteiger partial charge on any atom is -0.495 e. The lowest BCUT2D eigenvalue weighted by molar-refractivity contribution is 0.102. The molecule has 0 radical (unpaired) electrons. The van der Waals surface area contributed by atoms with Crippen LogP contribution in [0.15, 0.2) is 41.3 Å². The maximum Gasteiger partial charge on any atom is 0.255 e. The molecule has 1 N–H and O–H groups in total. The molecule has 1 amide bonds. The first kappa shape index (κ1) is 19.3. The number of nitrogens with zero attached hydrogens (tertiary/aromatic N) is 2. The molecule has 0 bridgehead atoms. The fourth-order valence-electron chi connectivity index (χ4n) is 2.54. The summed E-state index contributed by atoms with van der Waals surface area (Å²) in [5.74, 6) is -0.227. The fourth-order valence-corrected chi connectivity index (χ4v) is 4.48. The first-order valence-electron chi connectivity index (χ1n) is 8.01. The Labute approximate surface area is 161 Å². The van der Waals surface area contributed by atoms with Gasteiger partial charge in [-0.3, -0.25) is 4.79 Å². The van der Waals surface area contributed by atoms with E-state index in [0.717, 1.165) is 19.5 Å². The summed E-state index contributed by atoms with van der Waals surface area (Å²) in [6.45, 7) is 1.92. The van der Waals surface area contributed by atoms with Crippen LogP contribution in [0.4, 0.5) is 5.69 Å². The van der Waals surface area contributed by atoms with Crippen molar-refractivity contribution in [2.75, 3.05) is 26.5 Å². The Morgan fingerprint density at radius 2 is 1.93 bits per heavy atom. The molecule has 0 fully saturated rings. The number of thiazole rings is 1. The number of hydrogen-bond donors (Lipinski definition) is 1. The van der Waals surface area contributed by atoms with Crippen molar-refractivity contribution in [3.8, 4) is 5.75 Å². The lowest BCUT2D eigenvalue weighted by Crippen LogP contribution is -2.23. The molecule has 1 aromatic heterocycles. The Morgan fingerprint density at radius 3 is 2.59 bits per heavy atom. The predicted octanol–water partition coefficient (Wildman–Crippen LogP) is 3.12. The lowest BCUT2D eigenvalue weighted by atomic mass is 10.2. The van der Waals surface area contributed by atoms with Crippen molar-refractivity contribution < 1.29 is 17.9 Å². The Kier molecular flexibility index (Phi) is 5.18. The molecule has 7 nitrogen and oxygen atoms in total. The molecule has 3 aromatic rings. The van der Waals surface area contributed by atoms with Gasteiger partial charge in [0.25, 0.3) is 5.91 Å². The molecule has 2 aromatic carbocycles. The first-order valence-corrected chi connectivity index (χ1v) is 10.3. The largest absolute Gasteiger partial charge is 0.495 e. The number of carbonyl (C=O) groups excluding carboxylic acids is 1. The van der Waals surface area contributed by atoms with Crippen LogP contribution in [0.2, 0.25) is 0 Å². The third kappa shape index (κ3) is 3.80. The van der Waals surface area contributed by atoms with Crippen molar-refractivity contribution in [3.63, 3.8) is 0 Å². The van der Waals surface area contributed by atoms with Gasteiger partial charge in [0.05, 0.1) is 22.3 Å². The average molecular weight is 406 g/mol. The summed E-state index contributed by atoms with van der Waals surface area (Å²) < 4.78 is 32.2. The molecular weight excluding hydrogens is 386 g/mol. The number of nitrogens with one attached hydrogen (secondary N) is 1. The van der Waals surface area contributed by atoms with Gasteiger partial charge in [-0.25, -0.2) is 17.7 Å². The summed E-state index contributed by atoms with van der Waals surface area (Å²) in [5, 5.41) is 3.74. The van der Waals surface area contributed by atoms with E-state index >= 15 is 0 Å². The number of ether oxygens (including phenoxy) is 1. The summed E-state index contributed by atoms with van der Waals surface area (Å²) in [7, 11) is 0.481. The van der Waals surface area contributed by atoms with Gasteiger partial charge in [0.15, 0.2) is 0 Å². The summed E-state index contributed by atoms with van der Waals surface area (Å²) in [6.07, 6.45) is 0. The molecule has 0 spiro atoms. The van der Waals surface area contributed by atoms with E-state index in [4.69, 9.17) is 4.74 Å². The van der Waals surface area contributed by atoms with Gasteiger partial charge in [0.2, 0.25) is 10.0 Å². The molecule has 3 rings (SSSR count). The van der Waals surface area contributed by atoms with E-state index in [9.17, 15) is 13.2 Å². The van der Waals surface area contributed by atoms with Gasteiger partial charge < -0.3 is 10.1 Å². The number of fused-ring (bicyclic) bond motifs is 1. The van der Waals surface area contributed by atoms with Crippen molar-refractivity contribution in [2.45, 2.75) is 11.8 Å². The SMILES string of the molecule is COc1ccc(C(=O)Nc2ccc3nc(C)sc3c2)cc1S(=O)(=O)N(C)C. The van der Waals surface area contributed by atoms with Crippen molar-refractivity contribution in [2.24, 2.45) is 0 Å². The number of rotatable bonds is 5. The molecule has 27 heavy (non-hydrogen) atoms. The second-order valence-corrected chi connectivity index (χ2v) is 9.38. The van der Waals surface area contributed by atoms with Gasteiger partial charge in [-0.05, 0) is 43.3 Å². The molecule has 0 unspecified atom stereocenters. The van der Waals surface area contributed by atoms with Crippen LogP contribution in [-0.4, -0.2) is 44.8 Å². The number of amides is 1. The highest BCUT2D eigenvalue weighted by molar-refractivity contribution is 7.89. The number of hydrogen-bond acceptors (Lipinski definition) is 6. The third-order valence-electron chi connectivity index (χ3n) is 3.94. The zero-order chi connectivity index (χ0) is 19.8. The third-order valence-corrected chi connectivity index (χ3v) is 6.71. The molecule has 0 atom stereocenters. The van der Waals surface area contributed by atoms with Crippen LogP contribution >= 0.6 is 11.3 Å². The summed E-state index contributed by atoms with van der Waals surface area (Å²) in [5.41, 5.74) is 1.71. The summed E-state index contributed by atoms with van der Waals surface area (Å²) >= 11 is 1.54. The molecule has 0 saturated heterocycles. The minimum atomic E-state index is -3.75. The minimum absolute atomic E-state index is 0.0591. The van der Waals surface area contributed by atoms with E-state index in [2.05, 4.69) is 10.3 Å². The van der Waals surface area contributed by atoms with Gasteiger partial charge in [-0.15, -0.1) is 11.3 Å². The number of methoxy groups -OCH3 is 1. The zero-order valence-corrected chi connectivity index (χ0v) is 16.9. The predicted molar refractivity (Wildman–Crippen MR) is 106 cm³/mol. The Balaban J connectivity index is 1.94. The molecule has 1 heterocycles. The Hall–Kier alpha value is -2.49. The second kappa shape index (κ2) is 7.26. The van der Waals surface area contributed by atoms with Crippen LogP contribution in [-0.2, 0) is 10.0 Å². The maximum absolute atomic E-state index is 12.6. The lowest BCUT2D eigenvalue weighted by Gasteiger charge is -2.15. The number of anilines is 1. The van der Waals surface area contributed by atoms with Crippen LogP contribution in [0.5, 0.6) is 5.75 Å². The van der Waals surface area contributed by atoms with Crippen molar-refractivity contribution >= 4 is 43.2 Å². The Bertz CT molecular complexity index is 1120. The quantitative estimate of drug-likeness (QED) is 0.705. The molecule has 142 valence electrons. The van der Waals surface area contributed by atoms with Crippen LogP contribution in [0.25, 0.3) is 10.2 Å². The molecular formula is C18H19N3O4S2. The van der Waals surface area contributed by atoms with E-state index in [1.807, 2.05) is 19.1 Å². The number of aryl methyl sites for hydroxylation is 1. The van der Waals surface area contributed by atoms with E-state index in [1.165, 1.54) is 50.7 Å². The monoisotopic (exact) mass is 405 g/mol. The van der Waals surface area contributed by atoms with Crippen LogP contribution in [0.3, 0.4) is 0 Å². The molecule has 0 aliphatic carbocycles. The standard InChI is InChI=1S/C18H19N3O4S2/c1-11-19-14-7-6-13(10-16(14)26-11)20-18(22)12-5-8-15(25-4)17(9-12)27(23,24)21(2)3/h5-10H,1-4H3,(H,20,22). The summed E-state index contributed by atoms with van der Waals surface area (Å²) in [6, 6.07) is 9.77. The van der Waals surface area contributed by atoms with E-state index in [1.54, 1.807) is 6.07 Å². The maximum atomic E-state index is 12.6. The van der Waals surface area contributed by atoms with Gasteiger partial charge >= 0.3 is 0 Å². The molecule has 0 aliphatic heterocycles. The number of sulfonamides is 1. The van der Waals surface area contributed by atoms with Crippen molar-refractivity contribution in [1.82, 2.24) is 9.29 Å². The van der Waals surface area contributed by atoms with Crippen LogP contribution in [0.1, 0.15) is 15.4 Å². The summed E-state index contributed by atoms with van der Waals surface area (Å²) in [4.78, 5) is 17.0. The van der Waals surface area contributed by atoms with Crippen molar-refractivity contribution in [1.29, 1.82) is 0 Å². The topological polar surface area (TPSA) is 88.6 Å². The fraction of sp³-hybridized carbons (Fsp3) is 0.222.